The van der Waals surface area contributed by atoms with Crippen LogP contribution in [0.3, 0.4) is 0 Å². The van der Waals surface area contributed by atoms with Crippen LogP contribution >= 0.6 is 0 Å². The molecule has 0 aromatic heterocycles. The zero-order chi connectivity index (χ0) is 19.9. The van der Waals surface area contributed by atoms with Crippen LogP contribution in [0, 0.1) is 6.92 Å². The highest BCUT2D eigenvalue weighted by atomic mass is 14.7. The van der Waals surface area contributed by atoms with Crippen LogP contribution in [0.4, 0.5) is 0 Å². The molecule has 1 heteroatoms. The Morgan fingerprint density at radius 2 is 1.69 bits per heavy atom. The molecular weight excluding hydrogens is 314 g/mol. The highest BCUT2D eigenvalue weighted by Crippen LogP contribution is 2.15. The normalized spacial score (nSPS) is 12.0. The molecule has 138 valence electrons. The number of benzene rings is 1. The molecule has 0 aliphatic carbocycles. The molecule has 0 amide bonds. The van der Waals surface area contributed by atoms with Crippen molar-refractivity contribution in [3.05, 3.63) is 103 Å². The highest BCUT2D eigenvalue weighted by molar-refractivity contribution is 5.93. The maximum absolute atomic E-state index is 4.04. The molecule has 0 aliphatic heterocycles. The summed E-state index contributed by atoms with van der Waals surface area (Å²) in [6.07, 6.45) is 12.6. The van der Waals surface area contributed by atoms with Gasteiger partial charge in [-0.1, -0.05) is 86.9 Å². The first-order valence-electron chi connectivity index (χ1n) is 8.90. The number of hydrogen-bond donors (Lipinski definition) is 0. The smallest absolute Gasteiger partial charge is 0.0314 e. The van der Waals surface area contributed by atoms with Crippen molar-refractivity contribution in [1.82, 2.24) is 0 Å². The SMILES string of the molecule is C=C(CC)c1ccc(C)cc1.C=C/C=C(\C=C/C)C(=C)/C=C\C(C)=NC. The molecule has 0 fully saturated rings. The number of allylic oxidation sites excluding steroid dienone is 9. The fourth-order valence-electron chi connectivity index (χ4n) is 1.96. The molecular formula is C25H33N. The third kappa shape index (κ3) is 9.58. The van der Waals surface area contributed by atoms with Gasteiger partial charge >= 0.3 is 0 Å². The van der Waals surface area contributed by atoms with Crippen molar-refractivity contribution in [2.24, 2.45) is 4.99 Å². The summed E-state index contributed by atoms with van der Waals surface area (Å²) < 4.78 is 0. The third-order valence-corrected chi connectivity index (χ3v) is 3.78. The standard InChI is InChI=1S/C14H19N.C11H14/c1-6-8-14(9-7-2)12(3)10-11-13(4)15-5;1-4-10(3)11-7-5-9(2)6-8-11/h6-11H,1,3H2,2,4-5H3;5-8H,3-4H2,1-2H3/b9-7-,11-10-,14-8+,15-13?;. The Kier molecular flexibility index (Phi) is 12.2. The van der Waals surface area contributed by atoms with Crippen molar-refractivity contribution in [2.75, 3.05) is 7.05 Å². The van der Waals surface area contributed by atoms with E-state index < -0.39 is 0 Å². The summed E-state index contributed by atoms with van der Waals surface area (Å²) in [5, 5.41) is 0. The lowest BCUT2D eigenvalue weighted by Gasteiger charge is -2.01. The second kappa shape index (κ2) is 13.6. The average molecular weight is 348 g/mol. The highest BCUT2D eigenvalue weighted by Gasteiger charge is 1.94. The maximum atomic E-state index is 4.04. The topological polar surface area (TPSA) is 12.4 Å². The predicted octanol–water partition coefficient (Wildman–Crippen LogP) is 7.30. The second-order valence-electron chi connectivity index (χ2n) is 5.90. The van der Waals surface area contributed by atoms with Crippen LogP contribution < -0.4 is 0 Å². The molecule has 1 rings (SSSR count). The Morgan fingerprint density at radius 1 is 1.08 bits per heavy atom. The Labute approximate surface area is 160 Å². The van der Waals surface area contributed by atoms with Crippen molar-refractivity contribution in [3.8, 4) is 0 Å². The molecule has 1 aromatic carbocycles. The van der Waals surface area contributed by atoms with Gasteiger partial charge in [-0.05, 0) is 55.6 Å². The number of nitrogens with zero attached hydrogens (tertiary/aromatic N) is 1. The first-order chi connectivity index (χ1) is 12.4. The van der Waals surface area contributed by atoms with E-state index >= 15 is 0 Å². The molecule has 26 heavy (non-hydrogen) atoms. The van der Waals surface area contributed by atoms with Crippen molar-refractivity contribution >= 4 is 11.3 Å². The number of rotatable bonds is 7. The van der Waals surface area contributed by atoms with Crippen LogP contribution in [0.15, 0.2) is 96.6 Å². The van der Waals surface area contributed by atoms with Crippen LogP contribution in [0.1, 0.15) is 38.3 Å². The van der Waals surface area contributed by atoms with Crippen molar-refractivity contribution in [1.29, 1.82) is 0 Å². The molecule has 1 aromatic rings. The largest absolute Gasteiger partial charge is 0.293 e. The quantitative estimate of drug-likeness (QED) is 0.362. The lowest BCUT2D eigenvalue weighted by molar-refractivity contribution is 1.24. The van der Waals surface area contributed by atoms with Crippen LogP contribution in [0.25, 0.3) is 5.57 Å². The van der Waals surface area contributed by atoms with Crippen molar-refractivity contribution < 1.29 is 0 Å². The third-order valence-electron chi connectivity index (χ3n) is 3.78. The second-order valence-corrected chi connectivity index (χ2v) is 5.90. The number of hydrogen-bond acceptors (Lipinski definition) is 1. The van der Waals surface area contributed by atoms with Gasteiger partial charge in [0.25, 0.3) is 0 Å². The monoisotopic (exact) mass is 347 g/mol. The molecule has 0 saturated heterocycles. The van der Waals surface area contributed by atoms with Gasteiger partial charge in [0.2, 0.25) is 0 Å². The molecule has 0 heterocycles. The minimum absolute atomic E-state index is 0.955. The molecule has 0 radical (unpaired) electrons. The van der Waals surface area contributed by atoms with Crippen LogP contribution in [0.2, 0.25) is 0 Å². The Hall–Kier alpha value is -2.67. The summed E-state index contributed by atoms with van der Waals surface area (Å²) >= 11 is 0. The Morgan fingerprint density at radius 3 is 2.15 bits per heavy atom. The average Bonchev–Trinajstić information content (AvgIpc) is 2.66. The zero-order valence-corrected chi connectivity index (χ0v) is 17.0. The first kappa shape index (κ1) is 23.3. The summed E-state index contributed by atoms with van der Waals surface area (Å²) in [4.78, 5) is 4.04. The molecule has 0 spiro atoms. The van der Waals surface area contributed by atoms with Crippen LogP contribution in [0.5, 0.6) is 0 Å². The summed E-state index contributed by atoms with van der Waals surface area (Å²) in [7, 11) is 1.77. The lowest BCUT2D eigenvalue weighted by Crippen LogP contribution is -1.85. The van der Waals surface area contributed by atoms with E-state index in [-0.39, 0.29) is 0 Å². The van der Waals surface area contributed by atoms with Gasteiger partial charge in [-0.2, -0.15) is 0 Å². The van der Waals surface area contributed by atoms with E-state index in [1.165, 1.54) is 16.7 Å². The van der Waals surface area contributed by atoms with Crippen molar-refractivity contribution in [3.63, 3.8) is 0 Å². The summed E-state index contributed by atoms with van der Waals surface area (Å²) in [5.41, 5.74) is 6.78. The zero-order valence-electron chi connectivity index (χ0n) is 17.0. The maximum Gasteiger partial charge on any atom is 0.0314 e. The van der Waals surface area contributed by atoms with Gasteiger partial charge in [-0.25, -0.2) is 0 Å². The van der Waals surface area contributed by atoms with Gasteiger partial charge in [-0.3, -0.25) is 4.99 Å². The summed E-state index contributed by atoms with van der Waals surface area (Å²) in [5.74, 6) is 0. The Balaban J connectivity index is 0.000000502. The van der Waals surface area contributed by atoms with Gasteiger partial charge < -0.3 is 0 Å². The minimum atomic E-state index is 0.955. The Bertz CT molecular complexity index is 707. The fourth-order valence-corrected chi connectivity index (χ4v) is 1.96. The van der Waals surface area contributed by atoms with Gasteiger partial charge in [0.15, 0.2) is 0 Å². The van der Waals surface area contributed by atoms with Gasteiger partial charge in [-0.15, -0.1) is 0 Å². The number of aliphatic imine (C=N–C) groups is 1. The molecule has 0 unspecified atom stereocenters. The van der Waals surface area contributed by atoms with E-state index in [1.807, 2.05) is 44.2 Å². The van der Waals surface area contributed by atoms with Gasteiger partial charge in [0.05, 0.1) is 0 Å². The molecule has 1 nitrogen and oxygen atoms in total. The van der Waals surface area contributed by atoms with Gasteiger partial charge in [0.1, 0.15) is 0 Å². The van der Waals surface area contributed by atoms with E-state index in [2.05, 4.69) is 62.8 Å². The molecule has 0 bridgehead atoms. The first-order valence-corrected chi connectivity index (χ1v) is 8.90. The summed E-state index contributed by atoms with van der Waals surface area (Å²) in [6.45, 7) is 19.8. The predicted molar refractivity (Wildman–Crippen MR) is 121 cm³/mol. The van der Waals surface area contributed by atoms with Crippen LogP contribution in [-0.2, 0) is 0 Å². The molecule has 0 atom stereocenters. The molecule has 0 saturated carbocycles. The van der Waals surface area contributed by atoms with Crippen LogP contribution in [-0.4, -0.2) is 12.8 Å². The lowest BCUT2D eigenvalue weighted by atomic mass is 10.0. The van der Waals surface area contributed by atoms with E-state index in [9.17, 15) is 0 Å². The van der Waals surface area contributed by atoms with E-state index in [0.29, 0.717) is 0 Å². The number of aryl methyl sites for hydroxylation is 1. The minimum Gasteiger partial charge on any atom is -0.293 e. The van der Waals surface area contributed by atoms with E-state index in [1.54, 1.807) is 13.1 Å². The van der Waals surface area contributed by atoms with E-state index in [4.69, 9.17) is 0 Å². The van der Waals surface area contributed by atoms with E-state index in [0.717, 1.165) is 23.3 Å². The fraction of sp³-hybridized carbons (Fsp3) is 0.240. The summed E-state index contributed by atoms with van der Waals surface area (Å²) in [6, 6.07) is 8.49. The molecule has 0 N–H and O–H groups in total. The van der Waals surface area contributed by atoms with Crippen molar-refractivity contribution in [2.45, 2.75) is 34.1 Å². The molecule has 0 aliphatic rings. The van der Waals surface area contributed by atoms with Gasteiger partial charge in [0, 0.05) is 12.8 Å².